The lowest BCUT2D eigenvalue weighted by Crippen LogP contribution is -2.01. The van der Waals surface area contributed by atoms with Crippen molar-refractivity contribution in [2.24, 2.45) is 0 Å². The van der Waals surface area contributed by atoms with Gasteiger partial charge in [-0.2, -0.15) is 0 Å². The van der Waals surface area contributed by atoms with E-state index in [9.17, 15) is 0 Å². The molecule has 0 saturated heterocycles. The normalized spacial score (nSPS) is 10.2. The summed E-state index contributed by atoms with van der Waals surface area (Å²) in [5, 5.41) is 2.93. The number of hydrogen-bond donors (Lipinski definition) is 1. The molecule has 0 radical (unpaired) electrons. The number of rotatable bonds is 6. The molecule has 0 saturated carbocycles. The predicted octanol–water partition coefficient (Wildman–Crippen LogP) is 3.05. The topological polar surface area (TPSA) is 47.0 Å². The van der Waals surface area contributed by atoms with Crippen LogP contribution in [0.1, 0.15) is 24.6 Å². The molecule has 1 heterocycles. The molecule has 4 heteroatoms. The van der Waals surface area contributed by atoms with Crippen LogP contribution >= 0.6 is 0 Å². The summed E-state index contributed by atoms with van der Waals surface area (Å²) in [4.78, 5) is 8.46. The molecule has 2 rings (SSSR count). The molecule has 4 nitrogen and oxygen atoms in total. The fourth-order valence-corrected chi connectivity index (χ4v) is 1.76. The van der Waals surface area contributed by atoms with Crippen LogP contribution < -0.4 is 10.1 Å². The molecule has 1 aromatic carbocycles. The lowest BCUT2D eigenvalue weighted by molar-refractivity contribution is 0.300. The van der Waals surface area contributed by atoms with Gasteiger partial charge in [0.2, 0.25) is 0 Å². The molecule has 0 atom stereocenters. The van der Waals surface area contributed by atoms with Gasteiger partial charge in [0.05, 0.1) is 18.1 Å². The SMILES string of the molecule is CCCc1ccc(OCc2cnc(NC)cn2)cc1. The molecule has 0 aliphatic heterocycles. The maximum absolute atomic E-state index is 5.68. The van der Waals surface area contributed by atoms with Crippen molar-refractivity contribution in [3.8, 4) is 5.75 Å². The molecule has 0 spiro atoms. The number of nitrogens with one attached hydrogen (secondary N) is 1. The highest BCUT2D eigenvalue weighted by Crippen LogP contribution is 2.14. The van der Waals surface area contributed by atoms with E-state index in [-0.39, 0.29) is 0 Å². The van der Waals surface area contributed by atoms with Gasteiger partial charge in [-0.05, 0) is 24.1 Å². The Balaban J connectivity index is 1.90. The van der Waals surface area contributed by atoms with Crippen LogP contribution in [-0.2, 0) is 13.0 Å². The van der Waals surface area contributed by atoms with Crippen LogP contribution in [0.3, 0.4) is 0 Å². The van der Waals surface area contributed by atoms with Crippen LogP contribution in [0.4, 0.5) is 5.82 Å². The van der Waals surface area contributed by atoms with Crippen molar-refractivity contribution < 1.29 is 4.74 Å². The summed E-state index contributed by atoms with van der Waals surface area (Å²) in [6.45, 7) is 2.61. The Morgan fingerprint density at radius 2 is 1.89 bits per heavy atom. The maximum Gasteiger partial charge on any atom is 0.144 e. The van der Waals surface area contributed by atoms with Gasteiger partial charge in [0, 0.05) is 7.05 Å². The molecule has 19 heavy (non-hydrogen) atoms. The first kappa shape index (κ1) is 13.3. The molecule has 0 fully saturated rings. The van der Waals surface area contributed by atoms with Gasteiger partial charge in [-0.25, -0.2) is 4.98 Å². The minimum atomic E-state index is 0.435. The van der Waals surface area contributed by atoms with Crippen LogP contribution in [0.15, 0.2) is 36.7 Å². The van der Waals surface area contributed by atoms with Gasteiger partial charge in [-0.3, -0.25) is 4.98 Å². The van der Waals surface area contributed by atoms with E-state index >= 15 is 0 Å². The quantitative estimate of drug-likeness (QED) is 0.864. The summed E-state index contributed by atoms with van der Waals surface area (Å²) in [7, 11) is 1.82. The first-order chi connectivity index (χ1) is 9.31. The van der Waals surface area contributed by atoms with E-state index in [4.69, 9.17) is 4.74 Å². The standard InChI is InChI=1S/C15H19N3O/c1-3-4-12-5-7-14(8-6-12)19-11-13-9-18-15(16-2)10-17-13/h5-10H,3-4,11H2,1-2H3,(H,16,18). The van der Waals surface area contributed by atoms with Gasteiger partial charge in [0.1, 0.15) is 18.2 Å². The zero-order valence-corrected chi connectivity index (χ0v) is 11.4. The zero-order valence-electron chi connectivity index (χ0n) is 11.4. The highest BCUT2D eigenvalue weighted by molar-refractivity contribution is 5.30. The first-order valence-electron chi connectivity index (χ1n) is 6.52. The van der Waals surface area contributed by atoms with Crippen LogP contribution in [0, 0.1) is 0 Å². The second kappa shape index (κ2) is 6.73. The number of ether oxygens (including phenoxy) is 1. The molecule has 0 aliphatic carbocycles. The third kappa shape index (κ3) is 3.95. The maximum atomic E-state index is 5.68. The minimum Gasteiger partial charge on any atom is -0.487 e. The molecule has 0 amide bonds. The zero-order chi connectivity index (χ0) is 13.5. The minimum absolute atomic E-state index is 0.435. The van der Waals surface area contributed by atoms with Crippen molar-refractivity contribution in [1.29, 1.82) is 0 Å². The van der Waals surface area contributed by atoms with Crippen molar-refractivity contribution in [3.63, 3.8) is 0 Å². The van der Waals surface area contributed by atoms with Gasteiger partial charge in [0.15, 0.2) is 0 Å². The summed E-state index contributed by atoms with van der Waals surface area (Å²) in [6, 6.07) is 8.21. The number of aromatic nitrogens is 2. The van der Waals surface area contributed by atoms with Crippen LogP contribution in [-0.4, -0.2) is 17.0 Å². The fraction of sp³-hybridized carbons (Fsp3) is 0.333. The van der Waals surface area contributed by atoms with Gasteiger partial charge in [-0.15, -0.1) is 0 Å². The lowest BCUT2D eigenvalue weighted by atomic mass is 10.1. The smallest absolute Gasteiger partial charge is 0.144 e. The number of benzene rings is 1. The van der Waals surface area contributed by atoms with E-state index in [1.54, 1.807) is 12.4 Å². The van der Waals surface area contributed by atoms with Crippen molar-refractivity contribution in [2.45, 2.75) is 26.4 Å². The van der Waals surface area contributed by atoms with E-state index < -0.39 is 0 Å². The Bertz CT molecular complexity index is 494. The van der Waals surface area contributed by atoms with Crippen LogP contribution in [0.5, 0.6) is 5.75 Å². The molecular formula is C15H19N3O. The Labute approximate surface area is 113 Å². The summed E-state index contributed by atoms with van der Waals surface area (Å²) >= 11 is 0. The highest BCUT2D eigenvalue weighted by atomic mass is 16.5. The molecular weight excluding hydrogens is 238 g/mol. The predicted molar refractivity (Wildman–Crippen MR) is 76.3 cm³/mol. The molecule has 1 aromatic heterocycles. The van der Waals surface area contributed by atoms with Gasteiger partial charge in [0.25, 0.3) is 0 Å². The van der Waals surface area contributed by atoms with Crippen molar-refractivity contribution in [1.82, 2.24) is 9.97 Å². The van der Waals surface area contributed by atoms with Crippen molar-refractivity contribution in [2.75, 3.05) is 12.4 Å². The molecule has 2 aromatic rings. The Morgan fingerprint density at radius 1 is 1.11 bits per heavy atom. The van der Waals surface area contributed by atoms with E-state index in [2.05, 4.69) is 34.3 Å². The largest absolute Gasteiger partial charge is 0.487 e. The molecule has 0 unspecified atom stereocenters. The van der Waals surface area contributed by atoms with Gasteiger partial charge >= 0.3 is 0 Å². The summed E-state index contributed by atoms with van der Waals surface area (Å²) in [6.07, 6.45) is 5.69. The second-order valence-corrected chi connectivity index (χ2v) is 4.33. The number of anilines is 1. The van der Waals surface area contributed by atoms with Crippen LogP contribution in [0.2, 0.25) is 0 Å². The van der Waals surface area contributed by atoms with Crippen LogP contribution in [0.25, 0.3) is 0 Å². The number of hydrogen-bond acceptors (Lipinski definition) is 4. The monoisotopic (exact) mass is 257 g/mol. The number of nitrogens with zero attached hydrogens (tertiary/aromatic N) is 2. The third-order valence-corrected chi connectivity index (χ3v) is 2.81. The van der Waals surface area contributed by atoms with Gasteiger partial charge in [-0.1, -0.05) is 25.5 Å². The lowest BCUT2D eigenvalue weighted by Gasteiger charge is -2.07. The number of aryl methyl sites for hydroxylation is 1. The summed E-state index contributed by atoms with van der Waals surface area (Å²) in [5.74, 6) is 1.62. The Kier molecular flexibility index (Phi) is 4.72. The second-order valence-electron chi connectivity index (χ2n) is 4.33. The van der Waals surface area contributed by atoms with Gasteiger partial charge < -0.3 is 10.1 Å². The van der Waals surface area contributed by atoms with E-state index in [0.29, 0.717) is 6.61 Å². The summed E-state index contributed by atoms with van der Waals surface area (Å²) < 4.78 is 5.68. The molecule has 0 bridgehead atoms. The molecule has 1 N–H and O–H groups in total. The van der Waals surface area contributed by atoms with E-state index in [1.165, 1.54) is 5.56 Å². The molecule has 0 aliphatic rings. The average Bonchev–Trinajstić information content (AvgIpc) is 2.47. The first-order valence-corrected chi connectivity index (χ1v) is 6.52. The highest BCUT2D eigenvalue weighted by Gasteiger charge is 1.99. The van der Waals surface area contributed by atoms with Crippen molar-refractivity contribution >= 4 is 5.82 Å². The van der Waals surface area contributed by atoms with Crippen molar-refractivity contribution in [3.05, 3.63) is 47.9 Å². The average molecular weight is 257 g/mol. The third-order valence-electron chi connectivity index (χ3n) is 2.81. The van der Waals surface area contributed by atoms with E-state index in [0.717, 1.165) is 30.1 Å². The Hall–Kier alpha value is -2.10. The fourth-order valence-electron chi connectivity index (χ4n) is 1.76. The Morgan fingerprint density at radius 3 is 2.47 bits per heavy atom. The van der Waals surface area contributed by atoms with E-state index in [1.807, 2.05) is 19.2 Å². The summed E-state index contributed by atoms with van der Waals surface area (Å²) in [5.41, 5.74) is 2.16. The molecule has 100 valence electrons.